The molecule has 0 saturated carbocycles. The summed E-state index contributed by atoms with van der Waals surface area (Å²) in [6.45, 7) is 4.26. The molecule has 1 heterocycles. The van der Waals surface area contributed by atoms with Crippen molar-refractivity contribution in [2.24, 2.45) is 0 Å². The largest absolute Gasteiger partial charge is 0.358 e. The van der Waals surface area contributed by atoms with E-state index in [9.17, 15) is 0 Å². The van der Waals surface area contributed by atoms with Gasteiger partial charge >= 0.3 is 0 Å². The van der Waals surface area contributed by atoms with Crippen LogP contribution in [0.3, 0.4) is 0 Å². The Morgan fingerprint density at radius 2 is 2.60 bits per heavy atom. The van der Waals surface area contributed by atoms with Gasteiger partial charge < -0.3 is 5.32 Å². The molecule has 10 heavy (non-hydrogen) atoms. The summed E-state index contributed by atoms with van der Waals surface area (Å²) in [6, 6.07) is 0.493. The molecule has 1 rings (SSSR count). The molecule has 1 aromatic heterocycles. The first-order valence-electron chi connectivity index (χ1n) is 3.36. The fourth-order valence-electron chi connectivity index (χ4n) is 0.550. The molecule has 3 nitrogen and oxygen atoms in total. The zero-order valence-electron chi connectivity index (χ0n) is 6.16. The Labute approximate surface area is 64.7 Å². The second-order valence-electron chi connectivity index (χ2n) is 2.20. The molecule has 0 aliphatic rings. The Morgan fingerprint density at radius 1 is 1.80 bits per heavy atom. The lowest BCUT2D eigenvalue weighted by molar-refractivity contribution is 0.763. The average Bonchev–Trinajstić information content (AvgIpc) is 2.40. The van der Waals surface area contributed by atoms with Crippen molar-refractivity contribution in [2.75, 3.05) is 5.32 Å². The molecule has 4 heteroatoms. The number of hydrogen-bond donors (Lipinski definition) is 1. The van der Waals surface area contributed by atoms with E-state index in [1.54, 1.807) is 6.33 Å². The number of aromatic nitrogens is 2. The van der Waals surface area contributed by atoms with Crippen molar-refractivity contribution >= 4 is 16.7 Å². The molecule has 0 spiro atoms. The molecule has 1 atom stereocenters. The second kappa shape index (κ2) is 3.51. The predicted octanol–water partition coefficient (Wildman–Crippen LogP) is 1.75. The SMILES string of the molecule is CCC(C)Nc1ncns1. The van der Waals surface area contributed by atoms with Gasteiger partial charge in [0.25, 0.3) is 0 Å². The highest BCUT2D eigenvalue weighted by molar-refractivity contribution is 7.09. The summed E-state index contributed by atoms with van der Waals surface area (Å²) in [5.74, 6) is 0. The summed E-state index contributed by atoms with van der Waals surface area (Å²) in [6.07, 6.45) is 2.68. The fraction of sp³-hybridized carbons (Fsp3) is 0.667. The fourth-order valence-corrected chi connectivity index (χ4v) is 1.09. The topological polar surface area (TPSA) is 37.8 Å². The minimum Gasteiger partial charge on any atom is -0.358 e. The van der Waals surface area contributed by atoms with E-state index in [2.05, 4.69) is 28.5 Å². The molecule has 1 unspecified atom stereocenters. The van der Waals surface area contributed by atoms with Crippen molar-refractivity contribution in [3.05, 3.63) is 6.33 Å². The molecule has 1 N–H and O–H groups in total. The Hall–Kier alpha value is -0.640. The van der Waals surface area contributed by atoms with Gasteiger partial charge in [-0.1, -0.05) is 6.92 Å². The molecule has 0 amide bonds. The summed E-state index contributed by atoms with van der Waals surface area (Å²) < 4.78 is 3.88. The van der Waals surface area contributed by atoms with Crippen LogP contribution in [0.25, 0.3) is 0 Å². The number of rotatable bonds is 3. The first-order chi connectivity index (χ1) is 4.83. The van der Waals surface area contributed by atoms with Gasteiger partial charge in [0.15, 0.2) is 0 Å². The first kappa shape index (κ1) is 7.47. The summed E-state index contributed by atoms with van der Waals surface area (Å²) in [4.78, 5) is 4.00. The van der Waals surface area contributed by atoms with E-state index in [0.717, 1.165) is 11.6 Å². The van der Waals surface area contributed by atoms with Gasteiger partial charge in [-0.2, -0.15) is 4.37 Å². The van der Waals surface area contributed by atoms with Crippen molar-refractivity contribution in [2.45, 2.75) is 26.3 Å². The van der Waals surface area contributed by atoms with Crippen molar-refractivity contribution in [3.8, 4) is 0 Å². The molecule has 0 saturated heterocycles. The van der Waals surface area contributed by atoms with Crippen molar-refractivity contribution in [1.82, 2.24) is 9.36 Å². The Kier molecular flexibility index (Phi) is 2.62. The van der Waals surface area contributed by atoms with Crippen LogP contribution in [-0.4, -0.2) is 15.4 Å². The number of nitrogens with zero attached hydrogens (tertiary/aromatic N) is 2. The standard InChI is InChI=1S/C6H11N3S/c1-3-5(2)9-6-7-4-8-10-6/h4-5H,3H2,1-2H3,(H,7,8,9). The third-order valence-corrected chi connectivity index (χ3v) is 1.94. The highest BCUT2D eigenvalue weighted by atomic mass is 32.1. The molecule has 0 aromatic carbocycles. The van der Waals surface area contributed by atoms with Crippen molar-refractivity contribution < 1.29 is 0 Å². The maximum Gasteiger partial charge on any atom is 0.202 e. The lowest BCUT2D eigenvalue weighted by atomic mass is 10.3. The van der Waals surface area contributed by atoms with Crippen molar-refractivity contribution in [3.63, 3.8) is 0 Å². The van der Waals surface area contributed by atoms with Gasteiger partial charge in [-0.05, 0) is 13.3 Å². The van der Waals surface area contributed by atoms with Crippen LogP contribution in [0.4, 0.5) is 5.13 Å². The highest BCUT2D eigenvalue weighted by Crippen LogP contribution is 2.08. The van der Waals surface area contributed by atoms with E-state index in [1.807, 2.05) is 0 Å². The summed E-state index contributed by atoms with van der Waals surface area (Å²) in [5.41, 5.74) is 0. The third-order valence-electron chi connectivity index (χ3n) is 1.34. The van der Waals surface area contributed by atoms with Crippen LogP contribution in [0.1, 0.15) is 20.3 Å². The summed E-state index contributed by atoms with van der Waals surface area (Å²) >= 11 is 1.39. The Morgan fingerprint density at radius 3 is 3.10 bits per heavy atom. The highest BCUT2D eigenvalue weighted by Gasteiger charge is 1.99. The molecule has 1 aromatic rings. The molecule has 0 aliphatic carbocycles. The average molecular weight is 157 g/mol. The van der Waals surface area contributed by atoms with Crippen LogP contribution in [0.2, 0.25) is 0 Å². The van der Waals surface area contributed by atoms with Crippen LogP contribution < -0.4 is 5.32 Å². The van der Waals surface area contributed by atoms with Crippen molar-refractivity contribution in [1.29, 1.82) is 0 Å². The zero-order chi connectivity index (χ0) is 7.40. The Balaban J connectivity index is 2.40. The van der Waals surface area contributed by atoms with Crippen LogP contribution in [0.15, 0.2) is 6.33 Å². The summed E-state index contributed by atoms with van der Waals surface area (Å²) in [7, 11) is 0. The van der Waals surface area contributed by atoms with Crippen LogP contribution >= 0.6 is 11.5 Å². The number of anilines is 1. The molecule has 0 aliphatic heterocycles. The Bertz CT molecular complexity index is 173. The lowest BCUT2D eigenvalue weighted by Crippen LogP contribution is -2.12. The van der Waals surface area contributed by atoms with E-state index in [4.69, 9.17) is 0 Å². The quantitative estimate of drug-likeness (QED) is 0.726. The smallest absolute Gasteiger partial charge is 0.202 e. The monoisotopic (exact) mass is 157 g/mol. The zero-order valence-corrected chi connectivity index (χ0v) is 6.98. The lowest BCUT2D eigenvalue weighted by Gasteiger charge is -2.07. The van der Waals surface area contributed by atoms with Gasteiger partial charge in [0, 0.05) is 17.6 Å². The molecule has 0 radical (unpaired) electrons. The number of hydrogen-bond acceptors (Lipinski definition) is 4. The van der Waals surface area contributed by atoms with Crippen LogP contribution in [0.5, 0.6) is 0 Å². The van der Waals surface area contributed by atoms with Crippen LogP contribution in [0, 0.1) is 0 Å². The van der Waals surface area contributed by atoms with E-state index < -0.39 is 0 Å². The van der Waals surface area contributed by atoms with Gasteiger partial charge in [-0.15, -0.1) is 0 Å². The maximum atomic E-state index is 4.00. The van der Waals surface area contributed by atoms with E-state index in [-0.39, 0.29) is 0 Å². The maximum absolute atomic E-state index is 4.00. The van der Waals surface area contributed by atoms with Crippen LogP contribution in [-0.2, 0) is 0 Å². The van der Waals surface area contributed by atoms with E-state index in [1.165, 1.54) is 11.5 Å². The van der Waals surface area contributed by atoms with Gasteiger partial charge in [0.1, 0.15) is 6.33 Å². The molecule has 0 fully saturated rings. The van der Waals surface area contributed by atoms with Gasteiger partial charge in [0.05, 0.1) is 0 Å². The first-order valence-corrected chi connectivity index (χ1v) is 4.13. The number of nitrogens with one attached hydrogen (secondary N) is 1. The molecule has 0 bridgehead atoms. The van der Waals surface area contributed by atoms with E-state index >= 15 is 0 Å². The minimum atomic E-state index is 0.493. The predicted molar refractivity (Wildman–Crippen MR) is 43.3 cm³/mol. The summed E-state index contributed by atoms with van der Waals surface area (Å²) in [5, 5.41) is 4.13. The van der Waals surface area contributed by atoms with Gasteiger partial charge in [0.2, 0.25) is 5.13 Å². The molecule has 56 valence electrons. The van der Waals surface area contributed by atoms with Gasteiger partial charge in [-0.25, -0.2) is 4.98 Å². The molecular formula is C6H11N3S. The molecular weight excluding hydrogens is 146 g/mol. The minimum absolute atomic E-state index is 0.493. The van der Waals surface area contributed by atoms with E-state index in [0.29, 0.717) is 6.04 Å². The normalized spacial score (nSPS) is 13.0. The third kappa shape index (κ3) is 1.95. The van der Waals surface area contributed by atoms with Gasteiger partial charge in [-0.3, -0.25) is 0 Å². The second-order valence-corrected chi connectivity index (χ2v) is 2.98.